The van der Waals surface area contributed by atoms with Gasteiger partial charge in [-0.05, 0) is 73.5 Å². The van der Waals surface area contributed by atoms with Gasteiger partial charge in [0.15, 0.2) is 11.4 Å². The van der Waals surface area contributed by atoms with E-state index in [2.05, 4.69) is 10.3 Å². The Bertz CT molecular complexity index is 2470. The number of nitrogens with zero attached hydrogens (tertiary/aromatic N) is 2. The third kappa shape index (κ3) is 7.30. The van der Waals surface area contributed by atoms with Gasteiger partial charge < -0.3 is 28.3 Å². The molecule has 0 spiro atoms. The number of para-hydroxylation sites is 1. The first kappa shape index (κ1) is 36.7. The van der Waals surface area contributed by atoms with E-state index in [-0.39, 0.29) is 65.3 Å². The average Bonchev–Trinajstić information content (AvgIpc) is 3.71. The highest BCUT2D eigenvalue weighted by Crippen LogP contribution is 2.45. The molecule has 2 heterocycles. The van der Waals surface area contributed by atoms with E-state index in [0.717, 1.165) is 10.6 Å². The van der Waals surface area contributed by atoms with Crippen LogP contribution in [0, 0.1) is 11.6 Å². The summed E-state index contributed by atoms with van der Waals surface area (Å²) in [4.78, 5) is 28.0. The van der Waals surface area contributed by atoms with E-state index in [1.165, 1.54) is 56.6 Å². The number of oxazole rings is 1. The SMILES string of the molecule is CCOP(=O)(O)CCCN(c1cc2oc(-c3ccc(F)cc3)c(C(=O)NC)c2cc1-c1ccc(OC)c(-c2nc3c(F)cccc3o2)c1)S(C)(=O)=O. The number of hydrogen-bond donors (Lipinski definition) is 2. The van der Waals surface area contributed by atoms with E-state index >= 15 is 0 Å². The summed E-state index contributed by atoms with van der Waals surface area (Å²) in [7, 11) is -5.18. The van der Waals surface area contributed by atoms with Crippen LogP contribution in [0.5, 0.6) is 5.75 Å². The van der Waals surface area contributed by atoms with Gasteiger partial charge in [0.25, 0.3) is 5.91 Å². The van der Waals surface area contributed by atoms with Crippen LogP contribution in [-0.4, -0.2) is 63.9 Å². The number of ether oxygens (including phenoxy) is 1. The van der Waals surface area contributed by atoms with Crippen molar-refractivity contribution in [3.63, 3.8) is 0 Å². The van der Waals surface area contributed by atoms with Crippen molar-refractivity contribution in [2.45, 2.75) is 13.3 Å². The van der Waals surface area contributed by atoms with Crippen molar-refractivity contribution in [3.8, 4) is 39.7 Å². The molecule has 1 amide bonds. The van der Waals surface area contributed by atoms with Crippen LogP contribution in [-0.2, 0) is 19.1 Å². The summed E-state index contributed by atoms with van der Waals surface area (Å²) in [6, 6.07) is 17.6. The summed E-state index contributed by atoms with van der Waals surface area (Å²) >= 11 is 0. The molecule has 0 saturated heterocycles. The van der Waals surface area contributed by atoms with Gasteiger partial charge in [-0.1, -0.05) is 12.1 Å². The zero-order valence-corrected chi connectivity index (χ0v) is 30.2. The molecule has 6 rings (SSSR count). The third-order valence-corrected chi connectivity index (χ3v) is 11.0. The Labute approximate surface area is 297 Å². The van der Waals surface area contributed by atoms with Crippen LogP contribution in [0.3, 0.4) is 0 Å². The molecular weight excluding hydrogens is 719 g/mol. The molecule has 2 N–H and O–H groups in total. The number of hydrogen-bond acceptors (Lipinski definition) is 9. The van der Waals surface area contributed by atoms with Gasteiger partial charge >= 0.3 is 7.60 Å². The summed E-state index contributed by atoms with van der Waals surface area (Å²) in [5, 5.41) is 2.92. The maximum atomic E-state index is 14.6. The lowest BCUT2D eigenvalue weighted by molar-refractivity contribution is 0.0964. The summed E-state index contributed by atoms with van der Waals surface area (Å²) in [5.41, 5.74) is 1.99. The fourth-order valence-corrected chi connectivity index (χ4v) is 7.99. The molecule has 0 saturated carbocycles. The Balaban J connectivity index is 1.61. The average molecular weight is 754 g/mol. The van der Waals surface area contributed by atoms with Gasteiger partial charge in [-0.15, -0.1) is 0 Å². The number of benzene rings is 4. The second-order valence-corrected chi connectivity index (χ2v) is 15.6. The smallest absolute Gasteiger partial charge is 0.328 e. The first-order valence-corrected chi connectivity index (χ1v) is 19.6. The number of methoxy groups -OCH3 is 1. The highest BCUT2D eigenvalue weighted by molar-refractivity contribution is 7.92. The number of carbonyl (C=O) groups excluding carboxylic acids is 1. The molecule has 0 aliphatic rings. The lowest BCUT2D eigenvalue weighted by atomic mass is 9.96. The Hall–Kier alpha value is -5.08. The van der Waals surface area contributed by atoms with Gasteiger partial charge in [0.2, 0.25) is 15.9 Å². The largest absolute Gasteiger partial charge is 0.496 e. The first-order valence-electron chi connectivity index (χ1n) is 16.0. The number of rotatable bonds is 13. The molecule has 0 aliphatic heterocycles. The lowest BCUT2D eigenvalue weighted by Crippen LogP contribution is -2.32. The molecule has 2 aromatic heterocycles. The van der Waals surface area contributed by atoms with Crippen molar-refractivity contribution < 1.29 is 49.5 Å². The third-order valence-electron chi connectivity index (χ3n) is 8.28. The van der Waals surface area contributed by atoms with E-state index in [9.17, 15) is 31.5 Å². The molecule has 4 aromatic carbocycles. The van der Waals surface area contributed by atoms with Crippen LogP contribution in [0.15, 0.2) is 81.6 Å². The number of sulfonamides is 1. The molecule has 0 bridgehead atoms. The van der Waals surface area contributed by atoms with Crippen LogP contribution in [0.4, 0.5) is 14.5 Å². The Kier molecular flexibility index (Phi) is 10.2. The molecule has 6 aromatic rings. The Morgan fingerprint density at radius 1 is 1.00 bits per heavy atom. The van der Waals surface area contributed by atoms with Crippen LogP contribution < -0.4 is 14.4 Å². The summed E-state index contributed by atoms with van der Waals surface area (Å²) in [5.74, 6) is -1.14. The maximum absolute atomic E-state index is 14.6. The molecule has 272 valence electrons. The fraction of sp³-hybridized carbons (Fsp3) is 0.222. The number of amides is 1. The highest BCUT2D eigenvalue weighted by Gasteiger charge is 2.29. The highest BCUT2D eigenvalue weighted by atomic mass is 32.2. The first-order chi connectivity index (χ1) is 24.7. The Morgan fingerprint density at radius 2 is 1.73 bits per heavy atom. The van der Waals surface area contributed by atoms with Gasteiger partial charge in [0.1, 0.15) is 28.4 Å². The minimum atomic E-state index is -4.06. The minimum Gasteiger partial charge on any atom is -0.496 e. The van der Waals surface area contributed by atoms with Crippen molar-refractivity contribution in [2.75, 3.05) is 44.0 Å². The van der Waals surface area contributed by atoms with E-state index in [1.807, 2.05) is 0 Å². The maximum Gasteiger partial charge on any atom is 0.328 e. The summed E-state index contributed by atoms with van der Waals surface area (Å²) in [6.07, 6.45) is 0.626. The van der Waals surface area contributed by atoms with Gasteiger partial charge in [-0.25, -0.2) is 22.2 Å². The van der Waals surface area contributed by atoms with Crippen LogP contribution in [0.25, 0.3) is 56.0 Å². The molecular formula is C36H34F2N3O9PS. The molecule has 0 radical (unpaired) electrons. The molecule has 52 heavy (non-hydrogen) atoms. The zero-order valence-electron chi connectivity index (χ0n) is 28.5. The van der Waals surface area contributed by atoms with E-state index in [4.69, 9.17) is 18.1 Å². The van der Waals surface area contributed by atoms with E-state index in [1.54, 1.807) is 37.3 Å². The second-order valence-electron chi connectivity index (χ2n) is 11.7. The van der Waals surface area contributed by atoms with Crippen LogP contribution in [0.1, 0.15) is 23.7 Å². The van der Waals surface area contributed by atoms with Gasteiger partial charge in [-0.3, -0.25) is 13.7 Å². The number of nitrogens with one attached hydrogen (secondary N) is 1. The van der Waals surface area contributed by atoms with Gasteiger partial charge in [-0.2, -0.15) is 0 Å². The Morgan fingerprint density at radius 3 is 2.38 bits per heavy atom. The normalized spacial score (nSPS) is 13.0. The number of halogens is 2. The predicted octanol–water partition coefficient (Wildman–Crippen LogP) is 7.60. The summed E-state index contributed by atoms with van der Waals surface area (Å²) in [6.45, 7) is 1.35. The number of anilines is 1. The van der Waals surface area contributed by atoms with Crippen LogP contribution >= 0.6 is 7.60 Å². The van der Waals surface area contributed by atoms with E-state index < -0.39 is 35.2 Å². The van der Waals surface area contributed by atoms with Crippen molar-refractivity contribution in [2.24, 2.45) is 0 Å². The zero-order chi connectivity index (χ0) is 37.4. The quantitative estimate of drug-likeness (QED) is 0.112. The minimum absolute atomic E-state index is 0.000527. The monoisotopic (exact) mass is 753 g/mol. The number of fused-ring (bicyclic) bond motifs is 2. The number of furan rings is 1. The fourth-order valence-electron chi connectivity index (χ4n) is 5.94. The standard InChI is InChI=1S/C36H34F2N3O9PS/c1-5-48-51(43,44)17-7-16-41(52(4,45)46)28-20-31-25(32(35(42)39-2)34(49-31)21-10-13-23(37)14-11-21)19-24(28)22-12-15-29(47-3)26(18-22)36-40-33-27(38)8-6-9-30(33)50-36/h6,8-15,18-20H,5,7,16-17H2,1-4H3,(H,39,42)(H,43,44). The van der Waals surface area contributed by atoms with Crippen molar-refractivity contribution in [1.29, 1.82) is 0 Å². The number of aromatic nitrogens is 1. The molecule has 16 heteroatoms. The van der Waals surface area contributed by atoms with Gasteiger partial charge in [0.05, 0.1) is 42.9 Å². The second kappa shape index (κ2) is 14.5. The number of carbonyl (C=O) groups is 1. The predicted molar refractivity (Wildman–Crippen MR) is 193 cm³/mol. The molecule has 12 nitrogen and oxygen atoms in total. The van der Waals surface area contributed by atoms with Crippen molar-refractivity contribution >= 4 is 51.3 Å². The van der Waals surface area contributed by atoms with Crippen molar-refractivity contribution in [1.82, 2.24) is 10.3 Å². The molecule has 0 fully saturated rings. The lowest BCUT2D eigenvalue weighted by Gasteiger charge is -2.26. The topological polar surface area (TPSA) is 161 Å². The molecule has 0 aliphatic carbocycles. The summed E-state index contributed by atoms with van der Waals surface area (Å²) < 4.78 is 91.7. The van der Waals surface area contributed by atoms with Gasteiger partial charge in [0, 0.05) is 36.2 Å². The van der Waals surface area contributed by atoms with Crippen LogP contribution in [0.2, 0.25) is 0 Å². The van der Waals surface area contributed by atoms with Crippen molar-refractivity contribution in [3.05, 3.63) is 90.0 Å². The molecule has 1 atom stereocenters. The van der Waals surface area contributed by atoms with E-state index in [0.29, 0.717) is 33.4 Å². The molecule has 1 unspecified atom stereocenters.